The van der Waals surface area contributed by atoms with Crippen molar-refractivity contribution in [2.24, 2.45) is 11.7 Å². The highest BCUT2D eigenvalue weighted by atomic mass is 35.5. The number of likely N-dealkylation sites (tertiary alicyclic amines) is 1. The number of nitrogens with zero attached hydrogens (tertiary/aromatic N) is 1. The molecule has 0 aliphatic carbocycles. The van der Waals surface area contributed by atoms with Crippen molar-refractivity contribution in [1.29, 1.82) is 0 Å². The van der Waals surface area contributed by atoms with Crippen LogP contribution in [0.2, 0.25) is 0 Å². The summed E-state index contributed by atoms with van der Waals surface area (Å²) in [6, 6.07) is -0.538. The first-order valence-electron chi connectivity index (χ1n) is 6.33. The molecule has 106 valence electrons. The van der Waals surface area contributed by atoms with E-state index in [0.717, 1.165) is 25.9 Å². The van der Waals surface area contributed by atoms with Crippen LogP contribution in [0.3, 0.4) is 0 Å². The van der Waals surface area contributed by atoms with Gasteiger partial charge >= 0.3 is 0 Å². The van der Waals surface area contributed by atoms with Crippen molar-refractivity contribution in [1.82, 2.24) is 10.2 Å². The number of hydrogen-bond acceptors (Lipinski definition) is 3. The van der Waals surface area contributed by atoms with E-state index in [4.69, 9.17) is 5.73 Å². The van der Waals surface area contributed by atoms with Crippen molar-refractivity contribution in [2.45, 2.75) is 39.2 Å². The highest BCUT2D eigenvalue weighted by molar-refractivity contribution is 5.87. The van der Waals surface area contributed by atoms with E-state index in [9.17, 15) is 9.59 Å². The van der Waals surface area contributed by atoms with Crippen LogP contribution < -0.4 is 11.1 Å². The van der Waals surface area contributed by atoms with E-state index in [0.29, 0.717) is 0 Å². The standard InChI is InChI=1S/C12H23N3O2.ClH/c1-9(2)11(13)12(17)14-8-10(16)15-6-4-3-5-7-15;/h9,11H,3-8,13H2,1-2H3,(H,14,17);1H/t11-;/m0./s1. The van der Waals surface area contributed by atoms with Gasteiger partial charge in [-0.15, -0.1) is 12.4 Å². The van der Waals surface area contributed by atoms with E-state index in [1.807, 2.05) is 18.7 Å². The molecule has 0 aromatic carbocycles. The fourth-order valence-corrected chi connectivity index (χ4v) is 1.84. The smallest absolute Gasteiger partial charge is 0.241 e. The first kappa shape index (κ1) is 17.2. The molecule has 18 heavy (non-hydrogen) atoms. The first-order valence-corrected chi connectivity index (χ1v) is 6.33. The summed E-state index contributed by atoms with van der Waals surface area (Å²) in [6.45, 7) is 5.46. The Kier molecular flexibility index (Phi) is 7.95. The van der Waals surface area contributed by atoms with Gasteiger partial charge in [-0.3, -0.25) is 9.59 Å². The third-order valence-electron chi connectivity index (χ3n) is 3.14. The van der Waals surface area contributed by atoms with Gasteiger partial charge in [0.05, 0.1) is 12.6 Å². The zero-order valence-corrected chi connectivity index (χ0v) is 12.0. The Balaban J connectivity index is 0.00000289. The molecule has 1 fully saturated rings. The molecule has 0 aromatic rings. The first-order chi connectivity index (χ1) is 8.02. The number of halogens is 1. The number of nitrogens with two attached hydrogens (primary N) is 1. The van der Waals surface area contributed by atoms with Gasteiger partial charge in [-0.2, -0.15) is 0 Å². The summed E-state index contributed by atoms with van der Waals surface area (Å²) >= 11 is 0. The number of hydrogen-bond donors (Lipinski definition) is 2. The Labute approximate surface area is 115 Å². The third kappa shape index (κ3) is 5.23. The van der Waals surface area contributed by atoms with Crippen molar-refractivity contribution < 1.29 is 9.59 Å². The molecule has 5 nitrogen and oxygen atoms in total. The molecule has 6 heteroatoms. The Bertz CT molecular complexity index is 278. The number of carbonyl (C=O) groups is 2. The van der Waals surface area contributed by atoms with Crippen molar-refractivity contribution in [3.8, 4) is 0 Å². The summed E-state index contributed by atoms with van der Waals surface area (Å²) in [5, 5.41) is 2.61. The van der Waals surface area contributed by atoms with Gasteiger partial charge in [0.2, 0.25) is 11.8 Å². The molecule has 1 aliphatic rings. The molecule has 0 radical (unpaired) electrons. The van der Waals surface area contributed by atoms with Crippen molar-refractivity contribution >= 4 is 24.2 Å². The van der Waals surface area contributed by atoms with Crippen LogP contribution in [0.25, 0.3) is 0 Å². The minimum atomic E-state index is -0.538. The summed E-state index contributed by atoms with van der Waals surface area (Å²) < 4.78 is 0. The summed E-state index contributed by atoms with van der Waals surface area (Å²) in [6.07, 6.45) is 3.31. The van der Waals surface area contributed by atoms with Crippen LogP contribution in [0.4, 0.5) is 0 Å². The summed E-state index contributed by atoms with van der Waals surface area (Å²) in [5.41, 5.74) is 5.69. The lowest BCUT2D eigenvalue weighted by Gasteiger charge is -2.27. The van der Waals surface area contributed by atoms with Crippen LogP contribution >= 0.6 is 12.4 Å². The third-order valence-corrected chi connectivity index (χ3v) is 3.14. The van der Waals surface area contributed by atoms with Crippen molar-refractivity contribution in [3.63, 3.8) is 0 Å². The molecule has 1 aliphatic heterocycles. The molecule has 0 unspecified atom stereocenters. The molecule has 0 spiro atoms. The average molecular weight is 278 g/mol. The molecular formula is C12H24ClN3O2. The minimum absolute atomic E-state index is 0. The van der Waals surface area contributed by atoms with Crippen LogP contribution in [-0.2, 0) is 9.59 Å². The van der Waals surface area contributed by atoms with E-state index >= 15 is 0 Å². The zero-order chi connectivity index (χ0) is 12.8. The number of amides is 2. The average Bonchev–Trinajstić information content (AvgIpc) is 2.35. The molecule has 0 aromatic heterocycles. The van der Waals surface area contributed by atoms with Crippen LogP contribution in [0.5, 0.6) is 0 Å². The lowest BCUT2D eigenvalue weighted by Crippen LogP contribution is -2.48. The normalized spacial score (nSPS) is 17.0. The second-order valence-corrected chi connectivity index (χ2v) is 4.93. The van der Waals surface area contributed by atoms with E-state index in [1.165, 1.54) is 6.42 Å². The van der Waals surface area contributed by atoms with Crippen molar-refractivity contribution in [2.75, 3.05) is 19.6 Å². The molecule has 1 atom stereocenters. The lowest BCUT2D eigenvalue weighted by molar-refractivity contribution is -0.134. The monoisotopic (exact) mass is 277 g/mol. The molecular weight excluding hydrogens is 254 g/mol. The van der Waals surface area contributed by atoms with Gasteiger partial charge < -0.3 is 16.0 Å². The highest BCUT2D eigenvalue weighted by Gasteiger charge is 2.20. The maximum absolute atomic E-state index is 11.8. The second kappa shape index (κ2) is 8.32. The van der Waals surface area contributed by atoms with Crippen LogP contribution in [-0.4, -0.2) is 42.4 Å². The number of nitrogens with one attached hydrogen (secondary N) is 1. The van der Waals surface area contributed by atoms with E-state index in [2.05, 4.69) is 5.32 Å². The molecule has 1 rings (SSSR count). The van der Waals surface area contributed by atoms with Crippen LogP contribution in [0, 0.1) is 5.92 Å². The summed E-state index contributed by atoms with van der Waals surface area (Å²) in [7, 11) is 0. The molecule has 2 amide bonds. The maximum atomic E-state index is 11.8. The van der Waals surface area contributed by atoms with Gasteiger partial charge in [-0.25, -0.2) is 0 Å². The Morgan fingerprint density at radius 1 is 1.22 bits per heavy atom. The molecule has 1 saturated heterocycles. The fourth-order valence-electron chi connectivity index (χ4n) is 1.84. The van der Waals surface area contributed by atoms with Gasteiger partial charge in [0.25, 0.3) is 0 Å². The van der Waals surface area contributed by atoms with E-state index in [1.54, 1.807) is 0 Å². The number of rotatable bonds is 4. The fraction of sp³-hybridized carbons (Fsp3) is 0.833. The topological polar surface area (TPSA) is 75.4 Å². The SMILES string of the molecule is CC(C)[C@H](N)C(=O)NCC(=O)N1CCCCC1.Cl. The van der Waals surface area contributed by atoms with Gasteiger partial charge in [-0.05, 0) is 25.2 Å². The van der Waals surface area contributed by atoms with Crippen LogP contribution in [0.1, 0.15) is 33.1 Å². The van der Waals surface area contributed by atoms with Gasteiger partial charge in [0.1, 0.15) is 0 Å². The predicted octanol–water partition coefficient (Wildman–Crippen LogP) is 0.520. The summed E-state index contributed by atoms with van der Waals surface area (Å²) in [5.74, 6) is -0.167. The molecule has 0 saturated carbocycles. The van der Waals surface area contributed by atoms with E-state index < -0.39 is 6.04 Å². The van der Waals surface area contributed by atoms with E-state index in [-0.39, 0.29) is 36.7 Å². The predicted molar refractivity (Wildman–Crippen MR) is 73.5 cm³/mol. The van der Waals surface area contributed by atoms with Gasteiger partial charge in [0.15, 0.2) is 0 Å². The molecule has 0 bridgehead atoms. The number of carbonyl (C=O) groups excluding carboxylic acids is 2. The largest absolute Gasteiger partial charge is 0.346 e. The highest BCUT2D eigenvalue weighted by Crippen LogP contribution is 2.08. The van der Waals surface area contributed by atoms with Crippen LogP contribution in [0.15, 0.2) is 0 Å². The Morgan fingerprint density at radius 3 is 2.28 bits per heavy atom. The van der Waals surface area contributed by atoms with Crippen molar-refractivity contribution in [3.05, 3.63) is 0 Å². The Morgan fingerprint density at radius 2 is 1.78 bits per heavy atom. The molecule has 1 heterocycles. The zero-order valence-electron chi connectivity index (χ0n) is 11.1. The minimum Gasteiger partial charge on any atom is -0.346 e. The second-order valence-electron chi connectivity index (χ2n) is 4.93. The quantitative estimate of drug-likeness (QED) is 0.787. The van der Waals surface area contributed by atoms with Gasteiger partial charge in [0, 0.05) is 13.1 Å². The van der Waals surface area contributed by atoms with Gasteiger partial charge in [-0.1, -0.05) is 13.8 Å². The molecule has 3 N–H and O–H groups in total. The summed E-state index contributed by atoms with van der Waals surface area (Å²) in [4.78, 5) is 25.1. The Hall–Kier alpha value is -0.810. The number of piperidine rings is 1. The lowest BCUT2D eigenvalue weighted by atomic mass is 10.1. The maximum Gasteiger partial charge on any atom is 0.241 e.